The minimum atomic E-state index is -0.561. The van der Waals surface area contributed by atoms with Gasteiger partial charge in [0.1, 0.15) is 5.69 Å². The number of hydrogen-bond acceptors (Lipinski definition) is 10. The lowest BCUT2D eigenvalue weighted by Gasteiger charge is -2.27. The van der Waals surface area contributed by atoms with E-state index in [9.17, 15) is 15.3 Å². The molecule has 1 atom stereocenters. The molecule has 1 aromatic heterocycles. The van der Waals surface area contributed by atoms with Gasteiger partial charge >= 0.3 is 0 Å². The predicted molar refractivity (Wildman–Crippen MR) is 123 cm³/mol. The minimum absolute atomic E-state index is 0.0801. The summed E-state index contributed by atoms with van der Waals surface area (Å²) in [6.45, 7) is 10.4. The van der Waals surface area contributed by atoms with Crippen molar-refractivity contribution in [3.8, 4) is 11.5 Å². The van der Waals surface area contributed by atoms with E-state index in [-0.39, 0.29) is 35.2 Å². The first-order chi connectivity index (χ1) is 14.6. The predicted octanol–water partition coefficient (Wildman–Crippen LogP) is 2.81. The molecule has 3 rings (SSSR count). The van der Waals surface area contributed by atoms with Gasteiger partial charge in [-0.15, -0.1) is 5.53 Å². The van der Waals surface area contributed by atoms with Crippen molar-refractivity contribution in [3.05, 3.63) is 22.7 Å². The molecule has 0 saturated heterocycles. The first kappa shape index (κ1) is 23.0. The summed E-state index contributed by atoms with van der Waals surface area (Å²) in [5.41, 5.74) is 4.59. The van der Waals surface area contributed by atoms with Crippen molar-refractivity contribution >= 4 is 34.9 Å². The maximum absolute atomic E-state index is 10.2. The molecule has 0 saturated carbocycles. The van der Waals surface area contributed by atoms with Crippen LogP contribution in [0.3, 0.4) is 0 Å². The maximum Gasteiger partial charge on any atom is 0.226 e. The van der Waals surface area contributed by atoms with Gasteiger partial charge in [-0.25, -0.2) is 0 Å². The van der Waals surface area contributed by atoms with Crippen LogP contribution in [-0.2, 0) is 6.54 Å². The van der Waals surface area contributed by atoms with Crippen LogP contribution >= 0.6 is 11.6 Å². The highest BCUT2D eigenvalue weighted by molar-refractivity contribution is 6.32. The number of benzene rings is 1. The molecule has 1 aliphatic rings. The average Bonchev–Trinajstić information content (AvgIpc) is 3.10. The zero-order valence-electron chi connectivity index (χ0n) is 18.3. The standard InChI is InChI=1S/C20H30ClN7O3/c1-10(2)27-15-18(22-9-13-6-7-14(21)17(31)16(13)30)24-20(23-8-12(5)29)25-19(15)28(26-27)11(3)4/h6-7,10-12,26,29-31H,8-9H2,1-5H3,(H2,22,23,24,25). The molecule has 1 aromatic carbocycles. The van der Waals surface area contributed by atoms with Gasteiger partial charge in [-0.1, -0.05) is 17.7 Å². The number of aliphatic hydroxyl groups is 1. The Kier molecular flexibility index (Phi) is 6.83. The van der Waals surface area contributed by atoms with E-state index in [0.717, 1.165) is 5.69 Å². The van der Waals surface area contributed by atoms with E-state index in [0.29, 0.717) is 29.7 Å². The van der Waals surface area contributed by atoms with Crippen molar-refractivity contribution in [1.29, 1.82) is 0 Å². The highest BCUT2D eigenvalue weighted by Gasteiger charge is 2.34. The lowest BCUT2D eigenvalue weighted by molar-refractivity contribution is 0.208. The Balaban J connectivity index is 2.01. The van der Waals surface area contributed by atoms with Gasteiger partial charge < -0.3 is 26.0 Å². The summed E-state index contributed by atoms with van der Waals surface area (Å²) in [5.74, 6) is 0.961. The van der Waals surface area contributed by atoms with E-state index in [2.05, 4.69) is 26.1 Å². The summed E-state index contributed by atoms with van der Waals surface area (Å²) < 4.78 is 0. The molecule has 0 fully saturated rings. The molecule has 11 heteroatoms. The third-order valence-electron chi connectivity index (χ3n) is 4.77. The minimum Gasteiger partial charge on any atom is -0.504 e. The molecule has 0 amide bonds. The van der Waals surface area contributed by atoms with Crippen molar-refractivity contribution in [2.45, 2.75) is 59.4 Å². The lowest BCUT2D eigenvalue weighted by Crippen LogP contribution is -2.50. The smallest absolute Gasteiger partial charge is 0.226 e. The highest BCUT2D eigenvalue weighted by atomic mass is 35.5. The molecule has 0 radical (unpaired) electrons. The Hall–Kier alpha value is -2.69. The first-order valence-electron chi connectivity index (χ1n) is 10.2. The van der Waals surface area contributed by atoms with Crippen molar-refractivity contribution in [3.63, 3.8) is 0 Å². The highest BCUT2D eigenvalue weighted by Crippen LogP contribution is 2.41. The molecular weight excluding hydrogens is 422 g/mol. The number of hydrazine groups is 2. The summed E-state index contributed by atoms with van der Waals surface area (Å²) in [4.78, 5) is 9.27. The van der Waals surface area contributed by atoms with Gasteiger partial charge in [0.25, 0.3) is 0 Å². The van der Waals surface area contributed by atoms with Crippen LogP contribution in [0.1, 0.15) is 40.2 Å². The number of phenols is 2. The molecule has 0 aliphatic carbocycles. The monoisotopic (exact) mass is 451 g/mol. The van der Waals surface area contributed by atoms with E-state index in [1.165, 1.54) is 6.07 Å². The molecule has 2 heterocycles. The van der Waals surface area contributed by atoms with Gasteiger partial charge in [0, 0.05) is 30.7 Å². The number of phenolic OH excluding ortho intramolecular Hbond substituents is 2. The number of anilines is 4. The maximum atomic E-state index is 10.2. The number of nitrogens with one attached hydrogen (secondary N) is 3. The van der Waals surface area contributed by atoms with Gasteiger partial charge in [-0.2, -0.15) is 9.97 Å². The molecule has 0 spiro atoms. The fourth-order valence-corrected chi connectivity index (χ4v) is 3.29. The quantitative estimate of drug-likeness (QED) is 0.333. The average molecular weight is 452 g/mol. The lowest BCUT2D eigenvalue weighted by atomic mass is 10.2. The first-order valence-corrected chi connectivity index (χ1v) is 10.6. The van der Waals surface area contributed by atoms with Crippen molar-refractivity contribution < 1.29 is 15.3 Å². The Morgan fingerprint density at radius 3 is 2.29 bits per heavy atom. The second kappa shape index (κ2) is 9.21. The fraction of sp³-hybridized carbons (Fsp3) is 0.500. The molecule has 6 N–H and O–H groups in total. The number of aromatic nitrogens is 2. The number of fused-ring (bicyclic) bond motifs is 1. The Labute approximate surface area is 186 Å². The van der Waals surface area contributed by atoms with E-state index in [1.54, 1.807) is 13.0 Å². The normalized spacial score (nSPS) is 14.4. The Morgan fingerprint density at radius 2 is 1.68 bits per heavy atom. The Morgan fingerprint density at radius 1 is 1.00 bits per heavy atom. The Bertz CT molecular complexity index is 939. The van der Waals surface area contributed by atoms with Crippen molar-refractivity contribution in [2.75, 3.05) is 27.2 Å². The number of hydrogen-bond donors (Lipinski definition) is 6. The summed E-state index contributed by atoms with van der Waals surface area (Å²) in [5, 5.41) is 40.1. The number of nitrogens with zero attached hydrogens (tertiary/aromatic N) is 4. The molecule has 2 aromatic rings. The van der Waals surface area contributed by atoms with Crippen molar-refractivity contribution in [2.24, 2.45) is 0 Å². The van der Waals surface area contributed by atoms with Crippen LogP contribution in [0.2, 0.25) is 5.02 Å². The molecule has 10 nitrogen and oxygen atoms in total. The largest absolute Gasteiger partial charge is 0.504 e. The zero-order chi connectivity index (χ0) is 22.9. The molecule has 31 heavy (non-hydrogen) atoms. The van der Waals surface area contributed by atoms with Crippen LogP contribution in [0.15, 0.2) is 12.1 Å². The number of rotatable bonds is 8. The number of aromatic hydroxyl groups is 2. The summed E-state index contributed by atoms with van der Waals surface area (Å²) in [6, 6.07) is 3.39. The second-order valence-electron chi connectivity index (χ2n) is 8.08. The number of halogens is 1. The molecule has 170 valence electrons. The van der Waals surface area contributed by atoms with Gasteiger partial charge in [0.15, 0.2) is 23.1 Å². The van der Waals surface area contributed by atoms with Crippen LogP contribution in [0.5, 0.6) is 11.5 Å². The van der Waals surface area contributed by atoms with Gasteiger partial charge in [-0.3, -0.25) is 10.0 Å². The van der Waals surface area contributed by atoms with Crippen LogP contribution in [0.25, 0.3) is 0 Å². The molecular formula is C20H30ClN7O3. The van der Waals surface area contributed by atoms with Crippen LogP contribution in [0.4, 0.5) is 23.3 Å². The third-order valence-corrected chi connectivity index (χ3v) is 5.08. The molecule has 1 unspecified atom stereocenters. The zero-order valence-corrected chi connectivity index (χ0v) is 19.1. The van der Waals surface area contributed by atoms with E-state index in [4.69, 9.17) is 11.6 Å². The topological polar surface area (TPSA) is 129 Å². The van der Waals surface area contributed by atoms with Crippen LogP contribution in [-0.4, -0.2) is 50.0 Å². The van der Waals surface area contributed by atoms with Crippen LogP contribution < -0.4 is 26.2 Å². The van der Waals surface area contributed by atoms with Gasteiger partial charge in [0.05, 0.1) is 11.1 Å². The molecule has 0 bridgehead atoms. The summed E-state index contributed by atoms with van der Waals surface area (Å²) in [7, 11) is 0. The SMILES string of the molecule is CC(O)CNc1nc(NCc2ccc(Cl)c(O)c2O)c2c(n1)N(C(C)C)NN2C(C)C. The second-order valence-corrected chi connectivity index (χ2v) is 8.49. The summed E-state index contributed by atoms with van der Waals surface area (Å²) >= 11 is 5.86. The van der Waals surface area contributed by atoms with Crippen molar-refractivity contribution in [1.82, 2.24) is 15.5 Å². The number of aliphatic hydroxyl groups excluding tert-OH is 1. The fourth-order valence-electron chi connectivity index (χ4n) is 3.14. The van der Waals surface area contributed by atoms with E-state index >= 15 is 0 Å². The molecule has 1 aliphatic heterocycles. The van der Waals surface area contributed by atoms with Crippen LogP contribution in [0, 0.1) is 0 Å². The van der Waals surface area contributed by atoms with Gasteiger partial charge in [-0.05, 0) is 40.7 Å². The van der Waals surface area contributed by atoms with E-state index in [1.807, 2.05) is 37.7 Å². The van der Waals surface area contributed by atoms with Gasteiger partial charge in [0.2, 0.25) is 5.95 Å². The summed E-state index contributed by atoms with van der Waals surface area (Å²) in [6.07, 6.45) is -0.561. The van der Waals surface area contributed by atoms with E-state index < -0.39 is 6.10 Å². The third kappa shape index (κ3) is 4.81.